The second kappa shape index (κ2) is 8.97. The van der Waals surface area contributed by atoms with Crippen LogP contribution < -0.4 is 5.73 Å². The first-order valence-corrected chi connectivity index (χ1v) is 6.07. The molecule has 2 N–H and O–H groups in total. The molecule has 0 spiro atoms. The third-order valence-electron chi connectivity index (χ3n) is 2.52. The van der Waals surface area contributed by atoms with E-state index >= 15 is 0 Å². The Morgan fingerprint density at radius 3 is 2.59 bits per heavy atom. The number of hydrogen-bond acceptors (Lipinski definition) is 4. The number of ether oxygens (including phenoxy) is 1. The third-order valence-corrected chi connectivity index (χ3v) is 2.52. The van der Waals surface area contributed by atoms with Gasteiger partial charge in [0.1, 0.15) is 0 Å². The highest BCUT2D eigenvalue weighted by Gasteiger charge is 2.19. The van der Waals surface area contributed by atoms with Crippen molar-refractivity contribution in [3.63, 3.8) is 0 Å². The lowest BCUT2D eigenvalue weighted by Crippen LogP contribution is -2.38. The van der Waals surface area contributed by atoms with E-state index in [2.05, 4.69) is 6.07 Å². The molecule has 0 aliphatic heterocycles. The molecular weight excluding hydrogens is 218 g/mol. The van der Waals surface area contributed by atoms with E-state index in [9.17, 15) is 4.79 Å². The quantitative estimate of drug-likeness (QED) is 0.680. The molecule has 0 aromatic rings. The minimum absolute atomic E-state index is 0.00139. The average Bonchev–Trinajstić information content (AvgIpc) is 2.34. The number of nitrogens with two attached hydrogens (primary N) is 1. The van der Waals surface area contributed by atoms with E-state index in [-0.39, 0.29) is 24.3 Å². The van der Waals surface area contributed by atoms with E-state index in [4.69, 9.17) is 15.7 Å². The van der Waals surface area contributed by atoms with Crippen LogP contribution in [0.15, 0.2) is 0 Å². The van der Waals surface area contributed by atoms with Gasteiger partial charge in [-0.25, -0.2) is 0 Å². The maximum Gasteiger partial charge on any atom is 0.225 e. The van der Waals surface area contributed by atoms with E-state index < -0.39 is 0 Å². The number of nitriles is 1. The summed E-state index contributed by atoms with van der Waals surface area (Å²) < 4.78 is 5.35. The van der Waals surface area contributed by atoms with Gasteiger partial charge in [-0.15, -0.1) is 0 Å². The monoisotopic (exact) mass is 241 g/mol. The molecule has 0 rings (SSSR count). The van der Waals surface area contributed by atoms with Gasteiger partial charge in [-0.2, -0.15) is 5.26 Å². The first kappa shape index (κ1) is 15.9. The molecule has 5 nitrogen and oxygen atoms in total. The highest BCUT2D eigenvalue weighted by Crippen LogP contribution is 2.05. The van der Waals surface area contributed by atoms with E-state index in [1.165, 1.54) is 0 Å². The van der Waals surface area contributed by atoms with Crippen molar-refractivity contribution in [2.45, 2.75) is 33.3 Å². The molecule has 17 heavy (non-hydrogen) atoms. The lowest BCUT2D eigenvalue weighted by molar-refractivity contribution is -0.134. The Morgan fingerprint density at radius 1 is 1.53 bits per heavy atom. The zero-order chi connectivity index (χ0) is 13.3. The van der Waals surface area contributed by atoms with Crippen molar-refractivity contribution in [2.75, 3.05) is 26.2 Å². The molecule has 1 amide bonds. The molecule has 98 valence electrons. The van der Waals surface area contributed by atoms with Gasteiger partial charge >= 0.3 is 0 Å². The molecule has 0 aromatic heterocycles. The molecule has 2 atom stereocenters. The van der Waals surface area contributed by atoms with Crippen molar-refractivity contribution in [3.05, 3.63) is 0 Å². The summed E-state index contributed by atoms with van der Waals surface area (Å²) in [4.78, 5) is 13.6. The molecule has 5 heteroatoms. The van der Waals surface area contributed by atoms with Crippen LogP contribution in [0, 0.1) is 17.2 Å². The minimum Gasteiger partial charge on any atom is -0.377 e. The van der Waals surface area contributed by atoms with Crippen molar-refractivity contribution in [3.8, 4) is 6.07 Å². The van der Waals surface area contributed by atoms with Crippen LogP contribution in [0.1, 0.15) is 27.2 Å². The normalized spacial score (nSPS) is 13.8. The molecule has 0 saturated heterocycles. The van der Waals surface area contributed by atoms with Crippen molar-refractivity contribution in [1.29, 1.82) is 5.26 Å². The van der Waals surface area contributed by atoms with Crippen LogP contribution in [0.5, 0.6) is 0 Å². The fourth-order valence-corrected chi connectivity index (χ4v) is 1.55. The van der Waals surface area contributed by atoms with Gasteiger partial charge in [0, 0.05) is 26.2 Å². The van der Waals surface area contributed by atoms with Gasteiger partial charge < -0.3 is 15.4 Å². The number of carbonyl (C=O) groups is 1. The summed E-state index contributed by atoms with van der Waals surface area (Å²) in [5, 5.41) is 8.74. The fourth-order valence-electron chi connectivity index (χ4n) is 1.55. The predicted octanol–water partition coefficient (Wildman–Crippen LogP) is 0.748. The predicted molar refractivity (Wildman–Crippen MR) is 66.1 cm³/mol. The van der Waals surface area contributed by atoms with E-state index in [1.54, 1.807) is 11.8 Å². The molecular formula is C12H23N3O2. The summed E-state index contributed by atoms with van der Waals surface area (Å²) in [6.45, 7) is 7.55. The number of hydrogen-bond donors (Lipinski definition) is 1. The van der Waals surface area contributed by atoms with Crippen molar-refractivity contribution in [1.82, 2.24) is 4.90 Å². The maximum absolute atomic E-state index is 12.0. The van der Waals surface area contributed by atoms with Crippen molar-refractivity contribution < 1.29 is 9.53 Å². The van der Waals surface area contributed by atoms with Crippen LogP contribution in [0.3, 0.4) is 0 Å². The van der Waals surface area contributed by atoms with Gasteiger partial charge in [0.25, 0.3) is 0 Å². The van der Waals surface area contributed by atoms with Crippen LogP contribution in [0.4, 0.5) is 0 Å². The van der Waals surface area contributed by atoms with Gasteiger partial charge in [-0.05, 0) is 20.8 Å². The zero-order valence-electron chi connectivity index (χ0n) is 11.0. The summed E-state index contributed by atoms with van der Waals surface area (Å²) in [6, 6.07) is 2.13. The molecule has 0 radical (unpaired) electrons. The Balaban J connectivity index is 4.29. The molecule has 0 fully saturated rings. The van der Waals surface area contributed by atoms with Gasteiger partial charge in [0.2, 0.25) is 5.91 Å². The summed E-state index contributed by atoms with van der Waals surface area (Å²) in [5.41, 5.74) is 5.53. The topological polar surface area (TPSA) is 79.3 Å². The summed E-state index contributed by atoms with van der Waals surface area (Å²) >= 11 is 0. The standard InChI is InChI=1S/C12H23N3O2/c1-4-15(9-10(3)7-13)12(16)6-11(8-14)17-5-2/h10-11H,4-6,8-9,14H2,1-3H3. The second-order valence-corrected chi connectivity index (χ2v) is 3.98. The Labute approximate surface area is 104 Å². The largest absolute Gasteiger partial charge is 0.377 e. The summed E-state index contributed by atoms with van der Waals surface area (Å²) in [6.07, 6.45) is 0.0648. The van der Waals surface area contributed by atoms with Gasteiger partial charge in [-0.3, -0.25) is 4.79 Å². The van der Waals surface area contributed by atoms with Crippen LogP contribution in [-0.4, -0.2) is 43.2 Å². The van der Waals surface area contributed by atoms with Crippen LogP contribution in [0.25, 0.3) is 0 Å². The summed E-state index contributed by atoms with van der Waals surface area (Å²) in [7, 11) is 0. The van der Waals surface area contributed by atoms with E-state index in [0.29, 0.717) is 26.2 Å². The zero-order valence-corrected chi connectivity index (χ0v) is 11.0. The molecule has 0 aliphatic rings. The number of carbonyl (C=O) groups excluding carboxylic acids is 1. The average molecular weight is 241 g/mol. The number of amides is 1. The molecule has 0 heterocycles. The number of rotatable bonds is 8. The van der Waals surface area contributed by atoms with Crippen LogP contribution in [0.2, 0.25) is 0 Å². The highest BCUT2D eigenvalue weighted by molar-refractivity contribution is 5.76. The second-order valence-electron chi connectivity index (χ2n) is 3.98. The minimum atomic E-state index is -0.223. The fraction of sp³-hybridized carbons (Fsp3) is 0.833. The first-order chi connectivity index (χ1) is 8.08. The number of nitrogens with zero attached hydrogens (tertiary/aromatic N) is 2. The van der Waals surface area contributed by atoms with Gasteiger partial charge in [0.05, 0.1) is 24.5 Å². The maximum atomic E-state index is 12.0. The lowest BCUT2D eigenvalue weighted by atomic mass is 10.1. The van der Waals surface area contributed by atoms with Crippen molar-refractivity contribution in [2.24, 2.45) is 11.7 Å². The lowest BCUT2D eigenvalue weighted by Gasteiger charge is -2.24. The van der Waals surface area contributed by atoms with Crippen molar-refractivity contribution >= 4 is 5.91 Å². The SMILES string of the molecule is CCOC(CN)CC(=O)N(CC)CC(C)C#N. The Morgan fingerprint density at radius 2 is 2.18 bits per heavy atom. The molecule has 0 saturated carbocycles. The Hall–Kier alpha value is -1.12. The van der Waals surface area contributed by atoms with Crippen LogP contribution in [-0.2, 0) is 9.53 Å². The van der Waals surface area contributed by atoms with E-state index in [1.807, 2.05) is 13.8 Å². The van der Waals surface area contributed by atoms with Gasteiger partial charge in [-0.1, -0.05) is 0 Å². The molecule has 2 unspecified atom stereocenters. The van der Waals surface area contributed by atoms with E-state index in [0.717, 1.165) is 0 Å². The molecule has 0 bridgehead atoms. The smallest absolute Gasteiger partial charge is 0.225 e. The highest BCUT2D eigenvalue weighted by atomic mass is 16.5. The Kier molecular flexibility index (Phi) is 8.38. The Bertz CT molecular complexity index is 263. The van der Waals surface area contributed by atoms with Gasteiger partial charge in [0.15, 0.2) is 0 Å². The third kappa shape index (κ3) is 6.25. The first-order valence-electron chi connectivity index (χ1n) is 6.07. The summed E-state index contributed by atoms with van der Waals surface area (Å²) in [5.74, 6) is -0.152. The van der Waals surface area contributed by atoms with Crippen LogP contribution >= 0.6 is 0 Å². The molecule has 0 aliphatic carbocycles. The molecule has 0 aromatic carbocycles.